The smallest absolute Gasteiger partial charge is 0.335 e. The first-order chi connectivity index (χ1) is 8.99. The molecule has 0 fully saturated rings. The highest BCUT2D eigenvalue weighted by atomic mass is 35.5. The van der Waals surface area contributed by atoms with Gasteiger partial charge in [0.25, 0.3) is 5.91 Å². The van der Waals surface area contributed by atoms with Crippen LogP contribution < -0.4 is 5.32 Å². The van der Waals surface area contributed by atoms with Gasteiger partial charge >= 0.3 is 5.97 Å². The number of benzene rings is 1. The highest BCUT2D eigenvalue weighted by molar-refractivity contribution is 7.07. The highest BCUT2D eigenvalue weighted by Gasteiger charge is 2.16. The Bertz CT molecular complexity index is 622. The van der Waals surface area contributed by atoms with Crippen molar-refractivity contribution in [2.24, 2.45) is 0 Å². The van der Waals surface area contributed by atoms with Crippen molar-refractivity contribution in [1.82, 2.24) is 9.59 Å². The van der Waals surface area contributed by atoms with Crippen molar-refractivity contribution in [3.05, 3.63) is 38.8 Å². The van der Waals surface area contributed by atoms with E-state index in [1.165, 1.54) is 18.3 Å². The van der Waals surface area contributed by atoms with Crippen LogP contribution in [0.15, 0.2) is 18.3 Å². The van der Waals surface area contributed by atoms with E-state index in [1.807, 2.05) is 0 Å². The standard InChI is InChI=1S/C10H5Cl2N3O3S/c11-5-1-4(10(17)18)2-6(12)8(5)14-9(16)7-3-13-15-19-7/h1-3H,(H,14,16)(H,17,18). The summed E-state index contributed by atoms with van der Waals surface area (Å²) in [5.74, 6) is -1.63. The molecule has 1 aromatic carbocycles. The number of anilines is 1. The van der Waals surface area contributed by atoms with Crippen molar-refractivity contribution in [2.75, 3.05) is 5.32 Å². The Morgan fingerprint density at radius 1 is 1.26 bits per heavy atom. The van der Waals surface area contributed by atoms with Crippen molar-refractivity contribution in [1.29, 1.82) is 0 Å². The van der Waals surface area contributed by atoms with Crippen LogP contribution in [0.25, 0.3) is 0 Å². The van der Waals surface area contributed by atoms with E-state index in [1.54, 1.807) is 0 Å². The maximum atomic E-state index is 11.8. The number of aromatic carboxylic acids is 1. The van der Waals surface area contributed by atoms with Crippen LogP contribution in [0.4, 0.5) is 5.69 Å². The Labute approximate surface area is 121 Å². The molecular formula is C10H5Cl2N3O3S. The minimum Gasteiger partial charge on any atom is -0.478 e. The largest absolute Gasteiger partial charge is 0.478 e. The molecule has 0 aliphatic rings. The Balaban J connectivity index is 2.31. The topological polar surface area (TPSA) is 92.2 Å². The van der Waals surface area contributed by atoms with Crippen LogP contribution in [0.1, 0.15) is 20.0 Å². The number of nitrogens with zero attached hydrogens (tertiary/aromatic N) is 2. The molecule has 19 heavy (non-hydrogen) atoms. The molecule has 98 valence electrons. The summed E-state index contributed by atoms with van der Waals surface area (Å²) in [6.07, 6.45) is 1.30. The summed E-state index contributed by atoms with van der Waals surface area (Å²) in [5.41, 5.74) is 0.0826. The molecule has 2 rings (SSSR count). The molecule has 6 nitrogen and oxygen atoms in total. The maximum Gasteiger partial charge on any atom is 0.335 e. The molecule has 0 unspecified atom stereocenters. The zero-order valence-corrected chi connectivity index (χ0v) is 11.4. The third-order valence-corrected chi connectivity index (χ3v) is 3.37. The molecular weight excluding hydrogens is 313 g/mol. The lowest BCUT2D eigenvalue weighted by Crippen LogP contribution is -2.11. The Morgan fingerprint density at radius 3 is 2.37 bits per heavy atom. The number of nitrogens with one attached hydrogen (secondary N) is 1. The quantitative estimate of drug-likeness (QED) is 0.908. The fourth-order valence-corrected chi connectivity index (χ4v) is 2.25. The van der Waals surface area contributed by atoms with Gasteiger partial charge in [0.2, 0.25) is 0 Å². The minimum atomic E-state index is -1.16. The number of carboxylic acid groups (broad SMARTS) is 1. The van der Waals surface area contributed by atoms with Crippen LogP contribution >= 0.6 is 34.7 Å². The molecule has 0 spiro atoms. The van der Waals surface area contributed by atoms with E-state index in [2.05, 4.69) is 14.9 Å². The monoisotopic (exact) mass is 317 g/mol. The van der Waals surface area contributed by atoms with Crippen molar-refractivity contribution in [3.8, 4) is 0 Å². The van der Waals surface area contributed by atoms with Crippen LogP contribution in [-0.2, 0) is 0 Å². The zero-order valence-electron chi connectivity index (χ0n) is 9.05. The van der Waals surface area contributed by atoms with Gasteiger partial charge in [-0.3, -0.25) is 4.79 Å². The van der Waals surface area contributed by atoms with Crippen LogP contribution in [-0.4, -0.2) is 26.6 Å². The number of aromatic nitrogens is 2. The number of rotatable bonds is 3. The van der Waals surface area contributed by atoms with E-state index >= 15 is 0 Å². The Morgan fingerprint density at radius 2 is 1.89 bits per heavy atom. The van der Waals surface area contributed by atoms with Gasteiger partial charge in [0.1, 0.15) is 4.88 Å². The van der Waals surface area contributed by atoms with Crippen molar-refractivity contribution in [2.45, 2.75) is 0 Å². The van der Waals surface area contributed by atoms with Gasteiger partial charge in [-0.25, -0.2) is 4.79 Å². The first-order valence-corrected chi connectivity index (χ1v) is 6.33. The van der Waals surface area contributed by atoms with Crippen molar-refractivity contribution < 1.29 is 14.7 Å². The van der Waals surface area contributed by atoms with E-state index in [0.717, 1.165) is 11.5 Å². The number of carboxylic acids is 1. The van der Waals surface area contributed by atoms with E-state index in [9.17, 15) is 9.59 Å². The lowest BCUT2D eigenvalue weighted by Gasteiger charge is -2.09. The van der Waals surface area contributed by atoms with Gasteiger partial charge in [-0.15, -0.1) is 5.10 Å². The number of hydrogen-bond donors (Lipinski definition) is 2. The van der Waals surface area contributed by atoms with Crippen LogP contribution in [0.2, 0.25) is 10.0 Å². The average molecular weight is 318 g/mol. The summed E-state index contributed by atoms with van der Waals surface area (Å²) in [5, 5.41) is 14.9. The molecule has 0 atom stereocenters. The first kappa shape index (κ1) is 13.7. The molecule has 1 aromatic heterocycles. The summed E-state index contributed by atoms with van der Waals surface area (Å²) in [4.78, 5) is 22.9. The normalized spacial score (nSPS) is 10.2. The maximum absolute atomic E-state index is 11.8. The number of carbonyl (C=O) groups excluding carboxylic acids is 1. The Hall–Kier alpha value is -1.70. The molecule has 2 aromatic rings. The summed E-state index contributed by atoms with van der Waals surface area (Å²) >= 11 is 12.7. The Kier molecular flexibility index (Phi) is 3.98. The number of hydrogen-bond acceptors (Lipinski definition) is 5. The number of halogens is 2. The van der Waals surface area contributed by atoms with E-state index in [0.29, 0.717) is 0 Å². The third kappa shape index (κ3) is 3.01. The lowest BCUT2D eigenvalue weighted by atomic mass is 10.2. The predicted molar refractivity (Wildman–Crippen MR) is 71.3 cm³/mol. The molecule has 0 bridgehead atoms. The summed E-state index contributed by atoms with van der Waals surface area (Å²) < 4.78 is 3.55. The van der Waals surface area contributed by atoms with Gasteiger partial charge in [-0.1, -0.05) is 27.7 Å². The minimum absolute atomic E-state index is 0.0377. The third-order valence-electron chi connectivity index (χ3n) is 2.11. The van der Waals surface area contributed by atoms with Gasteiger partial charge in [0.15, 0.2) is 0 Å². The van der Waals surface area contributed by atoms with Gasteiger partial charge in [0, 0.05) is 0 Å². The summed E-state index contributed by atoms with van der Waals surface area (Å²) in [7, 11) is 0. The second-order valence-corrected chi connectivity index (χ2v) is 4.96. The second-order valence-electron chi connectivity index (χ2n) is 3.36. The lowest BCUT2D eigenvalue weighted by molar-refractivity contribution is 0.0696. The van der Waals surface area contributed by atoms with E-state index in [4.69, 9.17) is 28.3 Å². The molecule has 0 saturated carbocycles. The molecule has 0 aliphatic heterocycles. The van der Waals surface area contributed by atoms with Crippen LogP contribution in [0.3, 0.4) is 0 Å². The molecule has 0 aliphatic carbocycles. The second kappa shape index (κ2) is 5.52. The molecule has 2 N–H and O–H groups in total. The summed E-state index contributed by atoms with van der Waals surface area (Å²) in [6.45, 7) is 0. The van der Waals surface area contributed by atoms with Crippen LogP contribution in [0.5, 0.6) is 0 Å². The fourth-order valence-electron chi connectivity index (χ4n) is 1.26. The molecule has 9 heteroatoms. The zero-order chi connectivity index (χ0) is 14.0. The summed E-state index contributed by atoms with van der Waals surface area (Å²) in [6, 6.07) is 2.41. The number of amides is 1. The molecule has 1 heterocycles. The average Bonchev–Trinajstić information content (AvgIpc) is 2.86. The molecule has 1 amide bonds. The fraction of sp³-hybridized carbons (Fsp3) is 0. The van der Waals surface area contributed by atoms with Gasteiger partial charge in [-0.05, 0) is 23.7 Å². The van der Waals surface area contributed by atoms with Gasteiger partial charge in [-0.2, -0.15) is 0 Å². The number of carbonyl (C=O) groups is 2. The highest BCUT2D eigenvalue weighted by Crippen LogP contribution is 2.32. The molecule has 0 saturated heterocycles. The van der Waals surface area contributed by atoms with Crippen molar-refractivity contribution >= 4 is 52.3 Å². The van der Waals surface area contributed by atoms with E-state index in [-0.39, 0.29) is 26.2 Å². The predicted octanol–water partition coefficient (Wildman–Crippen LogP) is 2.80. The first-order valence-electron chi connectivity index (χ1n) is 4.80. The van der Waals surface area contributed by atoms with Crippen LogP contribution in [0, 0.1) is 0 Å². The SMILES string of the molecule is O=C(O)c1cc(Cl)c(NC(=O)c2cnns2)c(Cl)c1. The van der Waals surface area contributed by atoms with E-state index < -0.39 is 11.9 Å². The van der Waals surface area contributed by atoms with Gasteiger partial charge < -0.3 is 10.4 Å². The van der Waals surface area contributed by atoms with Crippen molar-refractivity contribution in [3.63, 3.8) is 0 Å². The van der Waals surface area contributed by atoms with Gasteiger partial charge in [0.05, 0.1) is 27.5 Å². The molecule has 0 radical (unpaired) electrons.